The highest BCUT2D eigenvalue weighted by molar-refractivity contribution is 5.82. The van der Waals surface area contributed by atoms with Gasteiger partial charge in [-0.05, 0) is 26.3 Å². The highest BCUT2D eigenvalue weighted by atomic mass is 16.7. The summed E-state index contributed by atoms with van der Waals surface area (Å²) in [5.41, 5.74) is 0.424. The third-order valence-corrected chi connectivity index (χ3v) is 4.69. The lowest BCUT2D eigenvalue weighted by Gasteiger charge is -2.44. The molecule has 0 aromatic heterocycles. The topological polar surface area (TPSA) is 88.1 Å². The van der Waals surface area contributed by atoms with Gasteiger partial charge >= 0.3 is 6.09 Å². The van der Waals surface area contributed by atoms with Crippen LogP contribution in [0.15, 0.2) is 30.3 Å². The number of carbonyl (C=O) groups is 2. The van der Waals surface area contributed by atoms with Gasteiger partial charge in [0.15, 0.2) is 5.79 Å². The van der Waals surface area contributed by atoms with E-state index in [1.54, 1.807) is 20.8 Å². The van der Waals surface area contributed by atoms with Crippen molar-refractivity contribution in [2.24, 2.45) is 5.41 Å². The van der Waals surface area contributed by atoms with Crippen LogP contribution in [-0.2, 0) is 20.8 Å². The van der Waals surface area contributed by atoms with Crippen molar-refractivity contribution in [1.82, 2.24) is 10.2 Å². The van der Waals surface area contributed by atoms with E-state index in [4.69, 9.17) is 9.47 Å². The molecule has 7 nitrogen and oxygen atoms in total. The lowest BCUT2D eigenvalue weighted by Crippen LogP contribution is -2.57. The zero-order valence-electron chi connectivity index (χ0n) is 16.7. The monoisotopic (exact) mass is 378 g/mol. The molecule has 2 rings (SSSR count). The Hall–Kier alpha value is -2.12. The highest BCUT2D eigenvalue weighted by Gasteiger charge is 2.45. The molecule has 7 heteroatoms. The zero-order chi connectivity index (χ0) is 20.2. The second-order valence-corrected chi connectivity index (χ2v) is 8.17. The molecule has 1 aliphatic heterocycles. The van der Waals surface area contributed by atoms with Crippen LogP contribution < -0.4 is 5.32 Å². The van der Waals surface area contributed by atoms with Gasteiger partial charge < -0.3 is 19.9 Å². The summed E-state index contributed by atoms with van der Waals surface area (Å²) < 4.78 is 11.5. The smallest absolute Gasteiger partial charge is 0.407 e. The maximum atomic E-state index is 12.7. The summed E-state index contributed by atoms with van der Waals surface area (Å²) >= 11 is 0. The van der Waals surface area contributed by atoms with Crippen molar-refractivity contribution in [2.45, 2.75) is 59.1 Å². The number of benzene rings is 1. The highest BCUT2D eigenvalue weighted by Crippen LogP contribution is 2.34. The van der Waals surface area contributed by atoms with E-state index >= 15 is 0 Å². The summed E-state index contributed by atoms with van der Waals surface area (Å²) in [4.78, 5) is 25.7. The molecule has 1 aromatic rings. The molecule has 2 N–H and O–H groups in total. The molecule has 0 unspecified atom stereocenters. The number of amides is 2. The maximum Gasteiger partial charge on any atom is 0.407 e. The molecule has 0 aliphatic carbocycles. The first-order valence-electron chi connectivity index (χ1n) is 9.15. The largest absolute Gasteiger partial charge is 0.465 e. The molecule has 1 heterocycles. The predicted molar refractivity (Wildman–Crippen MR) is 101 cm³/mol. The molecule has 27 heavy (non-hydrogen) atoms. The fourth-order valence-electron chi connectivity index (χ4n) is 2.96. The SMILES string of the molecule is C[C@@H](CNC(=O)[C@@H]1OC(C)(C)OCC1(C)C)N(Cc1ccccc1)C(=O)O. The van der Waals surface area contributed by atoms with Crippen LogP contribution in [0.3, 0.4) is 0 Å². The van der Waals surface area contributed by atoms with Crippen molar-refractivity contribution in [2.75, 3.05) is 13.2 Å². The number of carbonyl (C=O) groups excluding carboxylic acids is 1. The van der Waals surface area contributed by atoms with Crippen molar-refractivity contribution >= 4 is 12.0 Å². The number of hydrogen-bond donors (Lipinski definition) is 2. The summed E-state index contributed by atoms with van der Waals surface area (Å²) in [6.45, 7) is 10.0. The third-order valence-electron chi connectivity index (χ3n) is 4.69. The van der Waals surface area contributed by atoms with Crippen LogP contribution >= 0.6 is 0 Å². The number of nitrogens with one attached hydrogen (secondary N) is 1. The first-order valence-corrected chi connectivity index (χ1v) is 9.15. The van der Waals surface area contributed by atoms with E-state index < -0.39 is 23.4 Å². The Morgan fingerprint density at radius 1 is 1.26 bits per heavy atom. The fraction of sp³-hybridized carbons (Fsp3) is 0.600. The number of nitrogens with zero attached hydrogens (tertiary/aromatic N) is 1. The van der Waals surface area contributed by atoms with E-state index in [2.05, 4.69) is 5.32 Å². The predicted octanol–water partition coefficient (Wildman–Crippen LogP) is 2.85. The lowest BCUT2D eigenvalue weighted by atomic mass is 9.85. The minimum atomic E-state index is -1.02. The van der Waals surface area contributed by atoms with E-state index in [-0.39, 0.29) is 25.0 Å². The van der Waals surface area contributed by atoms with Crippen molar-refractivity contribution in [1.29, 1.82) is 0 Å². The van der Waals surface area contributed by atoms with Gasteiger partial charge in [-0.15, -0.1) is 0 Å². The van der Waals surface area contributed by atoms with Crippen LogP contribution in [0.5, 0.6) is 0 Å². The van der Waals surface area contributed by atoms with Crippen molar-refractivity contribution in [3.63, 3.8) is 0 Å². The van der Waals surface area contributed by atoms with Gasteiger partial charge in [0.2, 0.25) is 5.91 Å². The summed E-state index contributed by atoms with van der Waals surface area (Å²) in [5, 5.41) is 12.4. The molecule has 0 saturated carbocycles. The number of rotatable bonds is 6. The van der Waals surface area contributed by atoms with E-state index in [9.17, 15) is 14.7 Å². The van der Waals surface area contributed by atoms with Gasteiger partial charge in [-0.25, -0.2) is 4.79 Å². The second-order valence-electron chi connectivity index (χ2n) is 8.17. The van der Waals surface area contributed by atoms with Gasteiger partial charge in [-0.1, -0.05) is 44.2 Å². The first kappa shape index (κ1) is 21.2. The molecule has 2 amide bonds. The summed E-state index contributed by atoms with van der Waals surface area (Å²) in [6, 6.07) is 8.99. The van der Waals surface area contributed by atoms with Crippen LogP contribution in [0.2, 0.25) is 0 Å². The van der Waals surface area contributed by atoms with Crippen LogP contribution in [0, 0.1) is 5.41 Å². The Balaban J connectivity index is 1.98. The second kappa shape index (κ2) is 8.27. The molecule has 1 saturated heterocycles. The van der Waals surface area contributed by atoms with E-state index in [0.29, 0.717) is 6.61 Å². The van der Waals surface area contributed by atoms with Crippen molar-refractivity contribution in [3.05, 3.63) is 35.9 Å². The Bertz CT molecular complexity index is 660. The number of carboxylic acid groups (broad SMARTS) is 1. The normalized spacial score (nSPS) is 21.9. The van der Waals surface area contributed by atoms with Gasteiger partial charge in [-0.3, -0.25) is 9.69 Å². The van der Waals surface area contributed by atoms with Gasteiger partial charge in [0.1, 0.15) is 6.10 Å². The van der Waals surface area contributed by atoms with Gasteiger partial charge in [0.25, 0.3) is 0 Å². The maximum absolute atomic E-state index is 12.7. The number of hydrogen-bond acceptors (Lipinski definition) is 4. The van der Waals surface area contributed by atoms with Crippen LogP contribution in [-0.4, -0.2) is 53.1 Å². The Morgan fingerprint density at radius 2 is 1.89 bits per heavy atom. The van der Waals surface area contributed by atoms with Gasteiger partial charge in [0.05, 0.1) is 6.61 Å². The Morgan fingerprint density at radius 3 is 2.48 bits per heavy atom. The number of ether oxygens (including phenoxy) is 2. The Kier molecular flexibility index (Phi) is 6.49. The molecule has 0 spiro atoms. The third kappa shape index (κ3) is 5.68. The van der Waals surface area contributed by atoms with E-state index in [1.807, 2.05) is 44.2 Å². The van der Waals surface area contributed by atoms with Crippen molar-refractivity contribution < 1.29 is 24.2 Å². The van der Waals surface area contributed by atoms with Gasteiger partial charge in [-0.2, -0.15) is 0 Å². The molecule has 1 aromatic carbocycles. The van der Waals surface area contributed by atoms with E-state index in [1.165, 1.54) is 4.90 Å². The molecule has 0 bridgehead atoms. The van der Waals surface area contributed by atoms with Crippen LogP contribution in [0.1, 0.15) is 40.2 Å². The molecule has 1 aliphatic rings. The van der Waals surface area contributed by atoms with Gasteiger partial charge in [0, 0.05) is 24.5 Å². The molecule has 1 fully saturated rings. The quantitative estimate of drug-likeness (QED) is 0.795. The molecular formula is C20H30N2O5. The summed E-state index contributed by atoms with van der Waals surface area (Å²) in [5.74, 6) is -1.09. The zero-order valence-corrected chi connectivity index (χ0v) is 16.7. The van der Waals surface area contributed by atoms with Crippen LogP contribution in [0.4, 0.5) is 4.79 Å². The lowest BCUT2D eigenvalue weighted by molar-refractivity contribution is -0.304. The average molecular weight is 378 g/mol. The summed E-state index contributed by atoms with van der Waals surface area (Å²) in [6.07, 6.45) is -1.69. The standard InChI is InChI=1S/C20H30N2O5/c1-14(22(18(24)25)12-15-9-7-6-8-10-15)11-21-17(23)16-19(2,3)13-26-20(4,5)27-16/h6-10,14,16H,11-13H2,1-5H3,(H,21,23)(H,24,25)/t14-,16-/m0/s1. The van der Waals surface area contributed by atoms with Crippen molar-refractivity contribution in [3.8, 4) is 0 Å². The minimum absolute atomic E-state index is 0.204. The molecule has 0 radical (unpaired) electrons. The molecule has 2 atom stereocenters. The fourth-order valence-corrected chi connectivity index (χ4v) is 2.96. The first-order chi connectivity index (χ1) is 12.5. The van der Waals surface area contributed by atoms with Crippen LogP contribution in [0.25, 0.3) is 0 Å². The van der Waals surface area contributed by atoms with E-state index in [0.717, 1.165) is 5.56 Å². The molecule has 150 valence electrons. The molecular weight excluding hydrogens is 348 g/mol. The average Bonchev–Trinajstić information content (AvgIpc) is 2.60. The minimum Gasteiger partial charge on any atom is -0.465 e. The summed E-state index contributed by atoms with van der Waals surface area (Å²) in [7, 11) is 0. The Labute approximate surface area is 160 Å².